The molecule has 1 saturated carbocycles. The van der Waals surface area contributed by atoms with Crippen molar-refractivity contribution in [3.8, 4) is 6.07 Å². The molecule has 2 nitrogen and oxygen atoms in total. The highest BCUT2D eigenvalue weighted by Crippen LogP contribution is 2.27. The molecule has 0 bridgehead atoms. The van der Waals surface area contributed by atoms with Gasteiger partial charge in [-0.15, -0.1) is 0 Å². The molecule has 0 aliphatic heterocycles. The zero-order chi connectivity index (χ0) is 10.2. The second kappa shape index (κ2) is 6.84. The van der Waals surface area contributed by atoms with Crippen LogP contribution in [0.4, 0.5) is 0 Å². The average Bonchev–Trinajstić information content (AvgIpc) is 2.65. The van der Waals surface area contributed by atoms with Crippen LogP contribution in [0.15, 0.2) is 0 Å². The third-order valence-corrected chi connectivity index (χ3v) is 3.31. The summed E-state index contributed by atoms with van der Waals surface area (Å²) in [5.41, 5.74) is 0. The van der Waals surface area contributed by atoms with Crippen molar-refractivity contribution in [2.24, 2.45) is 5.92 Å². The maximum absolute atomic E-state index is 8.39. The van der Waals surface area contributed by atoms with E-state index in [0.717, 1.165) is 31.3 Å². The lowest BCUT2D eigenvalue weighted by Gasteiger charge is -2.19. The van der Waals surface area contributed by atoms with Gasteiger partial charge in [0, 0.05) is 12.5 Å². The summed E-state index contributed by atoms with van der Waals surface area (Å²) >= 11 is 0. The van der Waals surface area contributed by atoms with Gasteiger partial charge in [0.05, 0.1) is 6.07 Å². The van der Waals surface area contributed by atoms with Crippen LogP contribution in [-0.4, -0.2) is 12.6 Å². The first-order chi connectivity index (χ1) is 6.88. The van der Waals surface area contributed by atoms with Crippen molar-refractivity contribution in [2.75, 3.05) is 6.54 Å². The number of hydrogen-bond acceptors (Lipinski definition) is 2. The molecule has 1 N–H and O–H groups in total. The number of hydrogen-bond donors (Lipinski definition) is 1. The van der Waals surface area contributed by atoms with Crippen molar-refractivity contribution < 1.29 is 0 Å². The monoisotopic (exact) mass is 194 g/mol. The molecule has 0 spiro atoms. The van der Waals surface area contributed by atoms with E-state index in [9.17, 15) is 0 Å². The van der Waals surface area contributed by atoms with E-state index in [1.165, 1.54) is 25.7 Å². The lowest BCUT2D eigenvalue weighted by Crippen LogP contribution is -2.32. The van der Waals surface area contributed by atoms with Gasteiger partial charge in [0.2, 0.25) is 0 Å². The summed E-state index contributed by atoms with van der Waals surface area (Å²) in [6.07, 6.45) is 8.39. The minimum Gasteiger partial charge on any atom is -0.314 e. The van der Waals surface area contributed by atoms with Crippen molar-refractivity contribution in [1.82, 2.24) is 5.32 Å². The molecule has 14 heavy (non-hydrogen) atoms. The predicted octanol–water partition coefficient (Wildman–Crippen LogP) is 2.85. The van der Waals surface area contributed by atoms with Gasteiger partial charge in [-0.05, 0) is 38.1 Å². The van der Waals surface area contributed by atoms with Gasteiger partial charge < -0.3 is 5.32 Å². The van der Waals surface area contributed by atoms with Gasteiger partial charge in [-0.2, -0.15) is 5.26 Å². The van der Waals surface area contributed by atoms with Gasteiger partial charge in [-0.25, -0.2) is 0 Å². The molecule has 1 aliphatic rings. The maximum atomic E-state index is 8.39. The van der Waals surface area contributed by atoms with Gasteiger partial charge in [-0.1, -0.05) is 19.8 Å². The fourth-order valence-electron chi connectivity index (χ4n) is 2.41. The lowest BCUT2D eigenvalue weighted by atomic mass is 10.0. The molecule has 0 heterocycles. The minimum absolute atomic E-state index is 0.712. The SMILES string of the molecule is CCC1CCCC1NCCCCC#N. The first-order valence-corrected chi connectivity index (χ1v) is 5.98. The Bertz CT molecular complexity index is 183. The van der Waals surface area contributed by atoms with E-state index in [0.29, 0.717) is 6.42 Å². The zero-order valence-electron chi connectivity index (χ0n) is 9.26. The summed E-state index contributed by atoms with van der Waals surface area (Å²) in [5.74, 6) is 0.908. The maximum Gasteiger partial charge on any atom is 0.0621 e. The van der Waals surface area contributed by atoms with Gasteiger partial charge in [0.1, 0.15) is 0 Å². The molecule has 2 unspecified atom stereocenters. The summed E-state index contributed by atoms with van der Waals surface area (Å²) in [6.45, 7) is 3.39. The summed E-state index contributed by atoms with van der Waals surface area (Å²) in [5, 5.41) is 12.0. The Labute approximate surface area is 87.7 Å². The molecule has 0 saturated heterocycles. The average molecular weight is 194 g/mol. The number of nitriles is 1. The Kier molecular flexibility index (Phi) is 5.63. The van der Waals surface area contributed by atoms with Crippen LogP contribution < -0.4 is 5.32 Å². The predicted molar refractivity (Wildman–Crippen MR) is 58.9 cm³/mol. The largest absolute Gasteiger partial charge is 0.314 e. The molecule has 1 fully saturated rings. The van der Waals surface area contributed by atoms with Crippen LogP contribution in [0, 0.1) is 17.2 Å². The molecular weight excluding hydrogens is 172 g/mol. The van der Waals surface area contributed by atoms with Crippen LogP contribution >= 0.6 is 0 Å². The van der Waals surface area contributed by atoms with Crippen molar-refractivity contribution in [3.63, 3.8) is 0 Å². The molecule has 2 atom stereocenters. The van der Waals surface area contributed by atoms with Crippen LogP contribution in [0.3, 0.4) is 0 Å². The number of nitrogens with one attached hydrogen (secondary N) is 1. The quantitative estimate of drug-likeness (QED) is 0.660. The third-order valence-electron chi connectivity index (χ3n) is 3.31. The van der Waals surface area contributed by atoms with Gasteiger partial charge in [0.15, 0.2) is 0 Å². The molecule has 0 aromatic heterocycles. The Morgan fingerprint density at radius 2 is 2.21 bits per heavy atom. The van der Waals surface area contributed by atoms with Crippen molar-refractivity contribution >= 4 is 0 Å². The molecule has 2 heteroatoms. The molecule has 80 valence electrons. The number of rotatable bonds is 6. The normalized spacial score (nSPS) is 26.3. The standard InChI is InChI=1S/C12H22N2/c1-2-11-7-6-8-12(11)14-10-5-3-4-9-13/h11-12,14H,2-8,10H2,1H3. The van der Waals surface area contributed by atoms with Crippen molar-refractivity contribution in [3.05, 3.63) is 0 Å². The van der Waals surface area contributed by atoms with E-state index in [2.05, 4.69) is 18.3 Å². The van der Waals surface area contributed by atoms with E-state index in [1.807, 2.05) is 0 Å². The summed E-state index contributed by atoms with van der Waals surface area (Å²) in [7, 11) is 0. The highest BCUT2D eigenvalue weighted by molar-refractivity contribution is 4.82. The lowest BCUT2D eigenvalue weighted by molar-refractivity contribution is 0.387. The zero-order valence-corrected chi connectivity index (χ0v) is 9.26. The molecule has 0 aromatic carbocycles. The molecule has 0 radical (unpaired) electrons. The fourth-order valence-corrected chi connectivity index (χ4v) is 2.41. The second-order valence-corrected chi connectivity index (χ2v) is 4.28. The Morgan fingerprint density at radius 3 is 2.93 bits per heavy atom. The fraction of sp³-hybridized carbons (Fsp3) is 0.917. The summed E-state index contributed by atoms with van der Waals surface area (Å²) < 4.78 is 0. The Morgan fingerprint density at radius 1 is 1.36 bits per heavy atom. The van der Waals surface area contributed by atoms with E-state index < -0.39 is 0 Å². The smallest absolute Gasteiger partial charge is 0.0621 e. The number of nitrogens with zero attached hydrogens (tertiary/aromatic N) is 1. The van der Waals surface area contributed by atoms with E-state index in [-0.39, 0.29) is 0 Å². The van der Waals surface area contributed by atoms with E-state index >= 15 is 0 Å². The third kappa shape index (κ3) is 3.67. The topological polar surface area (TPSA) is 35.8 Å². The Hall–Kier alpha value is -0.550. The van der Waals surface area contributed by atoms with E-state index in [1.54, 1.807) is 0 Å². The van der Waals surface area contributed by atoms with Crippen molar-refractivity contribution in [1.29, 1.82) is 5.26 Å². The summed E-state index contributed by atoms with van der Waals surface area (Å²) in [4.78, 5) is 0. The number of unbranched alkanes of at least 4 members (excludes halogenated alkanes) is 2. The van der Waals surface area contributed by atoms with Gasteiger partial charge in [0.25, 0.3) is 0 Å². The van der Waals surface area contributed by atoms with Crippen LogP contribution in [0.2, 0.25) is 0 Å². The first-order valence-electron chi connectivity index (χ1n) is 5.98. The van der Waals surface area contributed by atoms with Gasteiger partial charge in [-0.3, -0.25) is 0 Å². The molecule has 1 rings (SSSR count). The first kappa shape index (κ1) is 11.5. The Balaban J connectivity index is 2.03. The molecule has 1 aliphatic carbocycles. The molecular formula is C12H22N2. The van der Waals surface area contributed by atoms with Crippen molar-refractivity contribution in [2.45, 2.75) is 57.9 Å². The molecule has 0 amide bonds. The van der Waals surface area contributed by atoms with Crippen LogP contribution in [-0.2, 0) is 0 Å². The highest BCUT2D eigenvalue weighted by atomic mass is 14.9. The molecule has 0 aromatic rings. The van der Waals surface area contributed by atoms with Crippen LogP contribution in [0.1, 0.15) is 51.9 Å². The van der Waals surface area contributed by atoms with Gasteiger partial charge >= 0.3 is 0 Å². The van der Waals surface area contributed by atoms with Crippen LogP contribution in [0.25, 0.3) is 0 Å². The second-order valence-electron chi connectivity index (χ2n) is 4.28. The summed E-state index contributed by atoms with van der Waals surface area (Å²) in [6, 6.07) is 2.95. The highest BCUT2D eigenvalue weighted by Gasteiger charge is 2.24. The minimum atomic E-state index is 0.712. The van der Waals surface area contributed by atoms with E-state index in [4.69, 9.17) is 5.26 Å². The van der Waals surface area contributed by atoms with Crippen LogP contribution in [0.5, 0.6) is 0 Å².